The van der Waals surface area contributed by atoms with Crippen LogP contribution < -0.4 is 4.40 Å². The Hall–Kier alpha value is -4.36. The third kappa shape index (κ3) is 7.64. The molecule has 51 heavy (non-hydrogen) atoms. The molecule has 0 aliphatic carbocycles. The van der Waals surface area contributed by atoms with Gasteiger partial charge in [-0.1, -0.05) is 41.3 Å². The van der Waals surface area contributed by atoms with Crippen LogP contribution in [-0.4, -0.2) is 32.8 Å². The van der Waals surface area contributed by atoms with Gasteiger partial charge in [0, 0.05) is 37.4 Å². The topological polar surface area (TPSA) is 56.7 Å². The average molecular weight is 913 g/mol. The van der Waals surface area contributed by atoms with E-state index in [2.05, 4.69) is 62.1 Å². The molecule has 0 aliphatic rings. The zero-order chi connectivity index (χ0) is 39.3. The molecule has 0 aliphatic heterocycles. The number of nitrogens with zero attached hydrogens (tertiary/aromatic N) is 4. The summed E-state index contributed by atoms with van der Waals surface area (Å²) in [5.41, 5.74) is 6.18. The number of rotatable bonds is 5. The Morgan fingerprint density at radius 3 is 2.33 bits per heavy atom. The zero-order valence-electron chi connectivity index (χ0n) is 34.5. The van der Waals surface area contributed by atoms with Crippen molar-refractivity contribution in [2.75, 3.05) is 0 Å². The molecule has 4 aromatic carbocycles. The maximum atomic E-state index is 8.87. The fourth-order valence-corrected chi connectivity index (χ4v) is 9.86. The van der Waals surface area contributed by atoms with Gasteiger partial charge in [0.05, 0.1) is 22.4 Å². The largest absolute Gasteiger partial charge is 0.486 e. The van der Waals surface area contributed by atoms with Crippen molar-refractivity contribution in [3.63, 3.8) is 0 Å². The number of fused-ring (bicyclic) bond motifs is 4. The van der Waals surface area contributed by atoms with Crippen molar-refractivity contribution in [1.29, 1.82) is 0 Å². The van der Waals surface area contributed by atoms with Crippen LogP contribution in [0.2, 0.25) is 17.3 Å². The molecule has 8 rings (SSSR count). The van der Waals surface area contributed by atoms with E-state index >= 15 is 0 Å². The summed E-state index contributed by atoms with van der Waals surface area (Å²) >= 11 is -2.79. The van der Waals surface area contributed by atoms with Gasteiger partial charge < -0.3 is 8.98 Å². The first kappa shape index (κ1) is 30.3. The molecule has 0 unspecified atom stereocenters. The maximum absolute atomic E-state index is 8.87. The molecule has 4 heterocycles. The zero-order valence-corrected chi connectivity index (χ0v) is 34.0. The molecular weight excluding hydrogens is 865 g/mol. The number of pyridine rings is 2. The van der Waals surface area contributed by atoms with E-state index in [0.29, 0.717) is 26.9 Å². The Morgan fingerprint density at radius 1 is 0.843 bits per heavy atom. The van der Waals surface area contributed by atoms with Gasteiger partial charge in [0.25, 0.3) is 0 Å². The van der Waals surface area contributed by atoms with E-state index in [9.17, 15) is 0 Å². The summed E-state index contributed by atoms with van der Waals surface area (Å²) in [4.78, 5) is 13.8. The summed E-state index contributed by atoms with van der Waals surface area (Å²) in [6.07, 6.45) is 0.0423. The van der Waals surface area contributed by atoms with E-state index in [-0.39, 0.29) is 25.8 Å². The number of hydrogen-bond acceptors (Lipinski definition) is 4. The Morgan fingerprint density at radius 2 is 1.61 bits per heavy atom. The first-order chi connectivity index (χ1) is 26.0. The van der Waals surface area contributed by atoms with Crippen LogP contribution in [0.4, 0.5) is 0 Å². The van der Waals surface area contributed by atoms with E-state index in [1.165, 1.54) is 0 Å². The minimum atomic E-state index is -2.79. The van der Waals surface area contributed by atoms with Crippen molar-refractivity contribution in [2.45, 2.75) is 51.3 Å². The van der Waals surface area contributed by atoms with E-state index in [1.54, 1.807) is 18.3 Å². The predicted octanol–water partition coefficient (Wildman–Crippen LogP) is 10.8. The molecule has 1 radical (unpaired) electrons. The monoisotopic (exact) mass is 914 g/mol. The SMILES string of the molecule is [2H]C([2H])([2H])c1nc(-c2[c-]cccc2)cc(C([2H])([2H])C(C)(C)C)[c]1[Ge]([CH3])([CH3])[CH3].[Ir].[c-]1ccc2c(oc3ncccc32)c1-c1nc2ccccc2n1-c1ccccc1. The van der Waals surface area contributed by atoms with Crippen molar-refractivity contribution in [3.8, 4) is 28.3 Å². The Bertz CT molecular complexity index is 2650. The number of hydrogen-bond donors (Lipinski definition) is 0. The van der Waals surface area contributed by atoms with Crippen molar-refractivity contribution in [1.82, 2.24) is 19.5 Å². The summed E-state index contributed by atoms with van der Waals surface area (Å²) in [7, 11) is 0. The molecule has 0 N–H and O–H groups in total. The molecule has 0 saturated carbocycles. The molecule has 0 bridgehead atoms. The van der Waals surface area contributed by atoms with Gasteiger partial charge in [-0.2, -0.15) is 0 Å². The van der Waals surface area contributed by atoms with E-state index in [1.807, 2.05) is 99.6 Å². The van der Waals surface area contributed by atoms with Crippen molar-refractivity contribution in [3.05, 3.63) is 139 Å². The molecule has 4 aromatic heterocycles. The van der Waals surface area contributed by atoms with Crippen LogP contribution in [-0.2, 0) is 26.5 Å². The second kappa shape index (κ2) is 14.7. The summed E-state index contributed by atoms with van der Waals surface area (Å²) < 4.78 is 50.9. The molecule has 0 atom stereocenters. The molecule has 5 nitrogen and oxygen atoms in total. The second-order valence-corrected chi connectivity index (χ2v) is 24.8. The standard InChI is InChI=1S/C24H14N3O.C20H28GeN.Ir/c1-2-8-16(9-3-1)27-21-14-5-4-13-20(21)26-23(27)19-11-6-10-17-18-12-7-15-25-24(18)28-22(17)19;1-15-19(21(5,6)7)17(14-20(2,3)4)13-18(22-15)16-11-9-8-10-12-16;/h1-10,12-15H;8-11,13H,14H2,1-7H3;/q2*-1;/i;1D3,14D2;. The van der Waals surface area contributed by atoms with Crippen LogP contribution >= 0.6 is 0 Å². The van der Waals surface area contributed by atoms with E-state index in [4.69, 9.17) is 16.3 Å². The van der Waals surface area contributed by atoms with Gasteiger partial charge in [-0.15, -0.1) is 18.2 Å². The number of furan rings is 1. The minimum absolute atomic E-state index is 0. The smallest absolute Gasteiger partial charge is 0.216 e. The molecule has 8 aromatic rings. The molecule has 259 valence electrons. The Balaban J connectivity index is 0.000000187. The maximum Gasteiger partial charge on any atom is 0.216 e. The van der Waals surface area contributed by atoms with Crippen molar-refractivity contribution < 1.29 is 31.4 Å². The van der Waals surface area contributed by atoms with E-state index in [0.717, 1.165) is 44.5 Å². The van der Waals surface area contributed by atoms with Crippen LogP contribution in [0.25, 0.3) is 61.4 Å². The fourth-order valence-electron chi connectivity index (χ4n) is 6.27. The van der Waals surface area contributed by atoms with E-state index < -0.39 is 31.9 Å². The quantitative estimate of drug-likeness (QED) is 0.128. The van der Waals surface area contributed by atoms with Crippen LogP contribution in [0.5, 0.6) is 0 Å². The van der Waals surface area contributed by atoms with Crippen LogP contribution in [0, 0.1) is 24.4 Å². The molecule has 0 amide bonds. The Labute approximate surface area is 323 Å². The van der Waals surface area contributed by atoms with Gasteiger partial charge in [0.2, 0.25) is 5.71 Å². The average Bonchev–Trinajstić information content (AvgIpc) is 3.73. The molecule has 0 spiro atoms. The molecule has 0 saturated heterocycles. The number of para-hydroxylation sites is 3. The number of benzene rings is 4. The second-order valence-electron chi connectivity index (χ2n) is 14.3. The predicted molar refractivity (Wildman–Crippen MR) is 210 cm³/mol. The van der Waals surface area contributed by atoms with Crippen LogP contribution in [0.3, 0.4) is 0 Å². The van der Waals surface area contributed by atoms with Gasteiger partial charge in [-0.3, -0.25) is 4.98 Å². The molecule has 7 heteroatoms. The summed E-state index contributed by atoms with van der Waals surface area (Å²) in [6, 6.07) is 41.7. The third-order valence-electron chi connectivity index (χ3n) is 8.27. The van der Waals surface area contributed by atoms with Crippen molar-refractivity contribution >= 4 is 50.8 Å². The van der Waals surface area contributed by atoms with Gasteiger partial charge in [0.15, 0.2) is 0 Å². The number of aryl methyl sites for hydroxylation is 1. The summed E-state index contributed by atoms with van der Waals surface area (Å²) in [5.74, 6) is 7.06. The van der Waals surface area contributed by atoms with Gasteiger partial charge >= 0.3 is 145 Å². The van der Waals surface area contributed by atoms with Crippen LogP contribution in [0.1, 0.15) is 38.9 Å². The summed E-state index contributed by atoms with van der Waals surface area (Å²) in [5, 5.41) is 2.01. The van der Waals surface area contributed by atoms with Gasteiger partial charge in [0.1, 0.15) is 0 Å². The molecular formula is C44H42GeIrN4O-2. The fraction of sp³-hybridized carbons (Fsp3) is 0.205. The Kier molecular flexibility index (Phi) is 8.73. The molecule has 0 fully saturated rings. The summed E-state index contributed by atoms with van der Waals surface area (Å²) in [6.45, 7) is 3.13. The minimum Gasteiger partial charge on any atom is -0.486 e. The third-order valence-corrected chi connectivity index (χ3v) is 12.5. The number of aromatic nitrogens is 4. The number of imidazole rings is 1. The van der Waals surface area contributed by atoms with Crippen molar-refractivity contribution in [2.24, 2.45) is 5.41 Å². The van der Waals surface area contributed by atoms with Crippen LogP contribution in [0.15, 0.2) is 120 Å². The van der Waals surface area contributed by atoms with Gasteiger partial charge in [-0.25, -0.2) is 4.98 Å². The van der Waals surface area contributed by atoms with Gasteiger partial charge in [-0.05, 0) is 36.4 Å². The first-order valence-electron chi connectivity index (χ1n) is 19.2. The first-order valence-corrected chi connectivity index (χ1v) is 24.1. The normalized spacial score (nSPS) is 13.7.